The number of amides is 1. The van der Waals surface area contributed by atoms with E-state index >= 15 is 0 Å². The van der Waals surface area contributed by atoms with Crippen LogP contribution in [0.2, 0.25) is 0 Å². The van der Waals surface area contributed by atoms with Crippen molar-refractivity contribution in [2.45, 2.75) is 63.6 Å². The van der Waals surface area contributed by atoms with E-state index < -0.39 is 0 Å². The first kappa shape index (κ1) is 13.8. The molecule has 1 unspecified atom stereocenters. The Morgan fingerprint density at radius 1 is 1.29 bits per heavy atom. The van der Waals surface area contributed by atoms with Gasteiger partial charge >= 0.3 is 0 Å². The van der Waals surface area contributed by atoms with Crippen LogP contribution < -0.4 is 5.32 Å². The largest absolute Gasteiger partial charge is 0.321 e. The number of hydrogen-bond acceptors (Lipinski definition) is 3. The van der Waals surface area contributed by atoms with Crippen molar-refractivity contribution in [3.8, 4) is 0 Å². The fourth-order valence-electron chi connectivity index (χ4n) is 4.11. The van der Waals surface area contributed by atoms with Gasteiger partial charge in [0.05, 0.1) is 0 Å². The zero-order chi connectivity index (χ0) is 14.5. The van der Waals surface area contributed by atoms with Gasteiger partial charge in [-0.25, -0.2) is 0 Å². The van der Waals surface area contributed by atoms with Crippen molar-refractivity contribution in [2.24, 2.45) is 5.41 Å². The van der Waals surface area contributed by atoms with Gasteiger partial charge in [0.1, 0.15) is 11.7 Å². The third-order valence-corrected chi connectivity index (χ3v) is 6.32. The lowest BCUT2D eigenvalue weighted by Gasteiger charge is -2.38. The van der Waals surface area contributed by atoms with Crippen LogP contribution in [0, 0.1) is 5.41 Å². The summed E-state index contributed by atoms with van der Waals surface area (Å²) in [5, 5.41) is 7.93. The maximum Gasteiger partial charge on any atom is 0.244 e. The van der Waals surface area contributed by atoms with Crippen LogP contribution in [0.3, 0.4) is 0 Å². The minimum absolute atomic E-state index is 0.102. The molecule has 21 heavy (non-hydrogen) atoms. The van der Waals surface area contributed by atoms with E-state index in [1.807, 2.05) is 0 Å². The first-order valence-electron chi connectivity index (χ1n) is 8.23. The molecule has 1 atom stereocenters. The number of nitrogens with one attached hydrogen (secondary N) is 1. The molecular weight excluding hydrogens is 280 g/mol. The quantitative estimate of drug-likeness (QED) is 0.924. The predicted octanol–water partition coefficient (Wildman–Crippen LogP) is 3.68. The molecule has 2 saturated carbocycles. The van der Waals surface area contributed by atoms with Gasteiger partial charge in [-0.15, -0.1) is 0 Å². The first-order valence-corrected chi connectivity index (χ1v) is 9.17. The van der Waals surface area contributed by atoms with Gasteiger partial charge in [0.2, 0.25) is 5.91 Å². The normalized spacial score (nSPS) is 30.0. The summed E-state index contributed by atoms with van der Waals surface area (Å²) >= 11 is 1.72. The maximum atomic E-state index is 12.9. The molecule has 2 aliphatic carbocycles. The lowest BCUT2D eigenvalue weighted by molar-refractivity contribution is -0.132. The summed E-state index contributed by atoms with van der Waals surface area (Å²) in [6, 6.07) is 2.16. The Hall–Kier alpha value is -0.870. The summed E-state index contributed by atoms with van der Waals surface area (Å²) in [7, 11) is 0. The second-order valence-electron chi connectivity index (χ2n) is 7.49. The second kappa shape index (κ2) is 4.82. The molecule has 114 valence electrons. The van der Waals surface area contributed by atoms with Crippen molar-refractivity contribution in [1.29, 1.82) is 0 Å². The van der Waals surface area contributed by atoms with Crippen LogP contribution in [0.5, 0.6) is 0 Å². The lowest BCUT2D eigenvalue weighted by Crippen LogP contribution is -2.41. The third kappa shape index (κ3) is 2.33. The zero-order valence-corrected chi connectivity index (χ0v) is 13.5. The van der Waals surface area contributed by atoms with E-state index in [4.69, 9.17) is 0 Å². The number of carbonyl (C=O) groups excluding carboxylic acids is 1. The Morgan fingerprint density at radius 3 is 2.67 bits per heavy atom. The monoisotopic (exact) mass is 304 g/mol. The highest BCUT2D eigenvalue weighted by atomic mass is 32.1. The summed E-state index contributed by atoms with van der Waals surface area (Å²) < 4.78 is 0. The molecule has 1 N–H and O–H groups in total. The molecule has 2 heterocycles. The van der Waals surface area contributed by atoms with E-state index in [1.54, 1.807) is 11.3 Å². The molecule has 1 saturated heterocycles. The predicted molar refractivity (Wildman–Crippen MR) is 85.1 cm³/mol. The molecule has 3 nitrogen and oxygen atoms in total. The summed E-state index contributed by atoms with van der Waals surface area (Å²) in [6.45, 7) is 3.29. The van der Waals surface area contributed by atoms with E-state index in [1.165, 1.54) is 37.7 Å². The number of carbonyl (C=O) groups is 1. The Morgan fingerprint density at radius 2 is 2.05 bits per heavy atom. The molecule has 1 amide bonds. The second-order valence-corrected chi connectivity index (χ2v) is 8.27. The highest BCUT2D eigenvalue weighted by molar-refractivity contribution is 7.08. The van der Waals surface area contributed by atoms with E-state index in [0.29, 0.717) is 11.3 Å². The molecule has 3 fully saturated rings. The van der Waals surface area contributed by atoms with Gasteiger partial charge in [-0.3, -0.25) is 10.1 Å². The number of hydrogen-bond donors (Lipinski definition) is 1. The highest BCUT2D eigenvalue weighted by Crippen LogP contribution is 2.48. The SMILES string of the molecule is CC1(CN2C(=O)C3(CC3)NC2c2ccsc2)CCCCC1. The average Bonchev–Trinajstić information content (AvgIpc) is 2.96. The molecule has 4 rings (SSSR count). The van der Waals surface area contributed by atoms with Gasteiger partial charge in [0, 0.05) is 6.54 Å². The Bertz CT molecular complexity index is 529. The van der Waals surface area contributed by atoms with Crippen LogP contribution in [-0.4, -0.2) is 22.9 Å². The van der Waals surface area contributed by atoms with E-state index in [9.17, 15) is 4.79 Å². The van der Waals surface area contributed by atoms with Crippen molar-refractivity contribution < 1.29 is 4.79 Å². The van der Waals surface area contributed by atoms with Crippen LogP contribution in [0.15, 0.2) is 16.8 Å². The molecule has 1 aromatic rings. The molecule has 0 aromatic carbocycles. The van der Waals surface area contributed by atoms with E-state index in [-0.39, 0.29) is 11.7 Å². The Labute approximate surface area is 130 Å². The minimum Gasteiger partial charge on any atom is -0.321 e. The number of thiophene rings is 1. The molecule has 3 aliphatic rings. The summed E-state index contributed by atoms with van der Waals surface area (Å²) in [6.07, 6.45) is 8.66. The first-order chi connectivity index (χ1) is 10.1. The van der Waals surface area contributed by atoms with Crippen LogP contribution in [0.25, 0.3) is 0 Å². The van der Waals surface area contributed by atoms with Gasteiger partial charge in [0.15, 0.2) is 0 Å². The van der Waals surface area contributed by atoms with Gasteiger partial charge in [-0.1, -0.05) is 26.2 Å². The zero-order valence-electron chi connectivity index (χ0n) is 12.7. The maximum absolute atomic E-state index is 12.9. The van der Waals surface area contributed by atoms with Crippen molar-refractivity contribution >= 4 is 17.2 Å². The number of rotatable bonds is 3. The topological polar surface area (TPSA) is 32.3 Å². The average molecular weight is 304 g/mol. The summed E-state index contributed by atoms with van der Waals surface area (Å²) in [5.74, 6) is 0.352. The molecule has 0 radical (unpaired) electrons. The Kier molecular flexibility index (Phi) is 3.16. The third-order valence-electron chi connectivity index (χ3n) is 5.62. The standard InChI is InChI=1S/C17H24N2OS/c1-16(6-3-2-4-7-16)12-19-14(13-5-10-21-11-13)18-17(8-9-17)15(19)20/h5,10-11,14,18H,2-4,6-9,12H2,1H3. The smallest absolute Gasteiger partial charge is 0.244 e. The highest BCUT2D eigenvalue weighted by Gasteiger charge is 2.60. The molecule has 1 aliphatic heterocycles. The minimum atomic E-state index is -0.211. The van der Waals surface area contributed by atoms with Crippen LogP contribution in [0.1, 0.15) is 63.6 Å². The fraction of sp³-hybridized carbons (Fsp3) is 0.706. The van der Waals surface area contributed by atoms with Gasteiger partial charge in [-0.05, 0) is 53.5 Å². The van der Waals surface area contributed by atoms with Gasteiger partial charge < -0.3 is 4.90 Å². The van der Waals surface area contributed by atoms with E-state index in [0.717, 1.165) is 19.4 Å². The molecule has 4 heteroatoms. The van der Waals surface area contributed by atoms with Crippen molar-refractivity contribution in [3.05, 3.63) is 22.4 Å². The van der Waals surface area contributed by atoms with Crippen LogP contribution in [-0.2, 0) is 4.79 Å². The summed E-state index contributed by atoms with van der Waals surface area (Å²) in [4.78, 5) is 15.0. The van der Waals surface area contributed by atoms with E-state index in [2.05, 4.69) is 34.0 Å². The van der Waals surface area contributed by atoms with Crippen molar-refractivity contribution in [1.82, 2.24) is 10.2 Å². The number of nitrogens with zero attached hydrogens (tertiary/aromatic N) is 1. The van der Waals surface area contributed by atoms with Gasteiger partial charge in [-0.2, -0.15) is 11.3 Å². The lowest BCUT2D eigenvalue weighted by atomic mass is 9.75. The molecule has 1 spiro atoms. The van der Waals surface area contributed by atoms with Crippen LogP contribution in [0.4, 0.5) is 0 Å². The molecular formula is C17H24N2OS. The van der Waals surface area contributed by atoms with Crippen molar-refractivity contribution in [3.63, 3.8) is 0 Å². The Balaban J connectivity index is 1.59. The van der Waals surface area contributed by atoms with Crippen molar-refractivity contribution in [2.75, 3.05) is 6.54 Å². The fourth-order valence-corrected chi connectivity index (χ4v) is 4.79. The van der Waals surface area contributed by atoms with Gasteiger partial charge in [0.25, 0.3) is 0 Å². The van der Waals surface area contributed by atoms with Crippen LogP contribution >= 0.6 is 11.3 Å². The molecule has 1 aromatic heterocycles. The molecule has 0 bridgehead atoms. The summed E-state index contributed by atoms with van der Waals surface area (Å²) in [5.41, 5.74) is 1.36.